The maximum atomic E-state index is 11.6. The van der Waals surface area contributed by atoms with Crippen molar-refractivity contribution in [2.75, 3.05) is 0 Å². The molecule has 100 valence electrons. The fourth-order valence-corrected chi connectivity index (χ4v) is 3.36. The number of primary amides is 1. The Labute approximate surface area is 116 Å². The number of carbonyl (C=O) groups excluding carboxylic acids is 1. The molecule has 2 rings (SSSR count). The molecule has 0 bridgehead atoms. The summed E-state index contributed by atoms with van der Waals surface area (Å²) < 4.78 is 0.582. The van der Waals surface area contributed by atoms with E-state index in [1.165, 1.54) is 37.0 Å². The number of nitrogens with zero attached hydrogens (tertiary/aromatic N) is 1. The molecule has 1 atom stereocenters. The van der Waals surface area contributed by atoms with Gasteiger partial charge in [0.25, 0.3) is 0 Å². The fraction of sp³-hybridized carbons (Fsp3) is 0.667. The van der Waals surface area contributed by atoms with Crippen LogP contribution < -0.4 is 11.1 Å². The van der Waals surface area contributed by atoms with Crippen LogP contribution in [0, 0.1) is 0 Å². The van der Waals surface area contributed by atoms with Gasteiger partial charge in [0.15, 0.2) is 0 Å². The zero-order valence-corrected chi connectivity index (χ0v) is 11.8. The second kappa shape index (κ2) is 6.50. The lowest BCUT2D eigenvalue weighted by molar-refractivity contribution is -0.120. The molecule has 0 aromatic carbocycles. The molecule has 0 aliphatic heterocycles. The second-order valence-corrected chi connectivity index (χ2v) is 6.39. The first kappa shape index (κ1) is 13.8. The van der Waals surface area contributed by atoms with Gasteiger partial charge in [0.1, 0.15) is 15.4 Å². The average Bonchev–Trinajstić information content (AvgIpc) is 2.61. The molecule has 1 aliphatic rings. The highest BCUT2D eigenvalue weighted by Crippen LogP contribution is 2.26. The maximum absolute atomic E-state index is 11.6. The molecule has 1 saturated carbocycles. The van der Waals surface area contributed by atoms with E-state index < -0.39 is 6.04 Å². The van der Waals surface area contributed by atoms with Gasteiger partial charge in [0.2, 0.25) is 5.91 Å². The topological polar surface area (TPSA) is 68.0 Å². The third kappa shape index (κ3) is 3.67. The standard InChI is InChI=1S/C12H18ClN3OS/c13-9-7-15-12(18-9)10(11(14)17)16-8-5-3-1-2-4-6-8/h7-8,10,16H,1-6H2,(H2,14,17). The minimum atomic E-state index is -0.509. The van der Waals surface area contributed by atoms with Gasteiger partial charge in [-0.15, -0.1) is 11.3 Å². The molecule has 6 heteroatoms. The molecule has 1 aliphatic carbocycles. The van der Waals surface area contributed by atoms with Crippen LogP contribution in [0.3, 0.4) is 0 Å². The summed E-state index contributed by atoms with van der Waals surface area (Å²) in [4.78, 5) is 15.7. The number of nitrogens with one attached hydrogen (secondary N) is 1. The molecule has 0 radical (unpaired) electrons. The zero-order chi connectivity index (χ0) is 13.0. The Hall–Kier alpha value is -0.650. The molecule has 1 amide bonds. The smallest absolute Gasteiger partial charge is 0.241 e. The Bertz CT molecular complexity index is 402. The van der Waals surface area contributed by atoms with E-state index in [9.17, 15) is 4.79 Å². The van der Waals surface area contributed by atoms with Crippen molar-refractivity contribution < 1.29 is 4.79 Å². The SMILES string of the molecule is NC(=O)C(NC1CCCCCC1)c1ncc(Cl)s1. The first-order valence-electron chi connectivity index (χ1n) is 6.33. The molecule has 1 heterocycles. The van der Waals surface area contributed by atoms with Crippen LogP contribution in [0.5, 0.6) is 0 Å². The zero-order valence-electron chi connectivity index (χ0n) is 10.2. The molecule has 0 spiro atoms. The van der Waals surface area contributed by atoms with Crippen LogP contribution in [0.2, 0.25) is 4.34 Å². The van der Waals surface area contributed by atoms with Gasteiger partial charge in [-0.05, 0) is 12.8 Å². The van der Waals surface area contributed by atoms with Crippen molar-refractivity contribution in [2.45, 2.75) is 50.6 Å². The highest BCUT2D eigenvalue weighted by molar-refractivity contribution is 7.16. The molecule has 4 nitrogen and oxygen atoms in total. The van der Waals surface area contributed by atoms with Crippen molar-refractivity contribution in [3.63, 3.8) is 0 Å². The highest BCUT2D eigenvalue weighted by atomic mass is 35.5. The number of nitrogens with two attached hydrogens (primary N) is 1. The monoisotopic (exact) mass is 287 g/mol. The highest BCUT2D eigenvalue weighted by Gasteiger charge is 2.25. The van der Waals surface area contributed by atoms with Crippen molar-refractivity contribution in [3.05, 3.63) is 15.5 Å². The first-order chi connectivity index (χ1) is 8.66. The average molecular weight is 288 g/mol. The van der Waals surface area contributed by atoms with Gasteiger partial charge in [-0.1, -0.05) is 37.3 Å². The fourth-order valence-electron chi connectivity index (χ4n) is 2.36. The Morgan fingerprint density at radius 1 is 1.44 bits per heavy atom. The second-order valence-electron chi connectivity index (χ2n) is 4.69. The molecular weight excluding hydrogens is 270 g/mol. The van der Waals surface area contributed by atoms with Gasteiger partial charge in [-0.3, -0.25) is 10.1 Å². The molecule has 1 unspecified atom stereocenters. The van der Waals surface area contributed by atoms with Gasteiger partial charge in [0, 0.05) is 6.04 Å². The minimum absolute atomic E-state index is 0.354. The predicted molar refractivity (Wildman–Crippen MR) is 73.7 cm³/mol. The van der Waals surface area contributed by atoms with E-state index in [4.69, 9.17) is 17.3 Å². The van der Waals surface area contributed by atoms with E-state index in [0.29, 0.717) is 15.4 Å². The third-order valence-electron chi connectivity index (χ3n) is 3.28. The van der Waals surface area contributed by atoms with E-state index in [1.54, 1.807) is 6.20 Å². The molecule has 18 heavy (non-hydrogen) atoms. The number of carbonyl (C=O) groups is 1. The number of hydrogen-bond acceptors (Lipinski definition) is 4. The van der Waals surface area contributed by atoms with Crippen LogP contribution in [0.25, 0.3) is 0 Å². The molecule has 0 saturated heterocycles. The number of aromatic nitrogens is 1. The lowest BCUT2D eigenvalue weighted by atomic mass is 10.1. The Morgan fingerprint density at radius 2 is 2.11 bits per heavy atom. The van der Waals surface area contributed by atoms with Crippen molar-refractivity contribution in [2.24, 2.45) is 5.73 Å². The molecular formula is C12H18ClN3OS. The number of amides is 1. The maximum Gasteiger partial charge on any atom is 0.241 e. The van der Waals surface area contributed by atoms with Crippen molar-refractivity contribution >= 4 is 28.8 Å². The normalized spacial score (nSPS) is 19.4. The van der Waals surface area contributed by atoms with Crippen molar-refractivity contribution in [1.82, 2.24) is 10.3 Å². The van der Waals surface area contributed by atoms with E-state index in [0.717, 1.165) is 12.8 Å². The summed E-state index contributed by atoms with van der Waals surface area (Å²) in [7, 11) is 0. The molecule has 1 aromatic rings. The van der Waals surface area contributed by atoms with Crippen LogP contribution in [0.4, 0.5) is 0 Å². The van der Waals surface area contributed by atoms with Crippen molar-refractivity contribution in [1.29, 1.82) is 0 Å². The van der Waals surface area contributed by atoms with Crippen LogP contribution in [0.1, 0.15) is 49.6 Å². The quantitative estimate of drug-likeness (QED) is 0.837. The number of thiazole rings is 1. The number of halogens is 1. The lowest BCUT2D eigenvalue weighted by Gasteiger charge is -2.21. The van der Waals surface area contributed by atoms with E-state index in [2.05, 4.69) is 10.3 Å². The summed E-state index contributed by atoms with van der Waals surface area (Å²) in [6, 6.07) is -0.154. The van der Waals surface area contributed by atoms with Crippen LogP contribution in [-0.4, -0.2) is 16.9 Å². The van der Waals surface area contributed by atoms with Crippen LogP contribution in [-0.2, 0) is 4.79 Å². The Morgan fingerprint density at radius 3 is 2.61 bits per heavy atom. The molecule has 1 aromatic heterocycles. The van der Waals surface area contributed by atoms with Gasteiger partial charge < -0.3 is 5.73 Å². The van der Waals surface area contributed by atoms with Gasteiger partial charge >= 0.3 is 0 Å². The molecule has 3 N–H and O–H groups in total. The molecule has 1 fully saturated rings. The lowest BCUT2D eigenvalue weighted by Crippen LogP contribution is -2.39. The minimum Gasteiger partial charge on any atom is -0.368 e. The van der Waals surface area contributed by atoms with Crippen molar-refractivity contribution in [3.8, 4) is 0 Å². The van der Waals surface area contributed by atoms with Gasteiger partial charge in [-0.25, -0.2) is 4.98 Å². The van der Waals surface area contributed by atoms with Crippen LogP contribution in [0.15, 0.2) is 6.20 Å². The van der Waals surface area contributed by atoms with E-state index in [1.807, 2.05) is 0 Å². The summed E-state index contributed by atoms with van der Waals surface area (Å²) in [5.74, 6) is -0.384. The summed E-state index contributed by atoms with van der Waals surface area (Å²) >= 11 is 7.16. The Kier molecular flexibility index (Phi) is 4.97. The largest absolute Gasteiger partial charge is 0.368 e. The van der Waals surface area contributed by atoms with Gasteiger partial charge in [-0.2, -0.15) is 0 Å². The predicted octanol–water partition coefficient (Wildman–Crippen LogP) is 2.64. The summed E-state index contributed by atoms with van der Waals surface area (Å²) in [6.07, 6.45) is 8.74. The number of hydrogen-bond donors (Lipinski definition) is 2. The summed E-state index contributed by atoms with van der Waals surface area (Å²) in [5.41, 5.74) is 5.46. The summed E-state index contributed by atoms with van der Waals surface area (Å²) in [5, 5.41) is 4.00. The van der Waals surface area contributed by atoms with Gasteiger partial charge in [0.05, 0.1) is 6.20 Å². The first-order valence-corrected chi connectivity index (χ1v) is 7.53. The van der Waals surface area contributed by atoms with Crippen LogP contribution >= 0.6 is 22.9 Å². The van der Waals surface area contributed by atoms with E-state index in [-0.39, 0.29) is 5.91 Å². The Balaban J connectivity index is 2.04. The summed E-state index contributed by atoms with van der Waals surface area (Å²) in [6.45, 7) is 0. The third-order valence-corrected chi connectivity index (χ3v) is 4.46. The van der Waals surface area contributed by atoms with E-state index >= 15 is 0 Å². The number of rotatable bonds is 4.